The van der Waals surface area contributed by atoms with E-state index in [4.69, 9.17) is 0 Å². The lowest BCUT2D eigenvalue weighted by molar-refractivity contribution is -0.132. The number of benzene rings is 1. The van der Waals surface area contributed by atoms with Crippen LogP contribution in [0.5, 0.6) is 0 Å². The first-order chi connectivity index (χ1) is 14.7. The highest BCUT2D eigenvalue weighted by molar-refractivity contribution is 5.95. The van der Waals surface area contributed by atoms with Gasteiger partial charge in [-0.25, -0.2) is 13.6 Å². The van der Waals surface area contributed by atoms with Crippen molar-refractivity contribution in [3.05, 3.63) is 52.4 Å². The number of rotatable bonds is 3. The van der Waals surface area contributed by atoms with Gasteiger partial charge in [0.05, 0.1) is 24.0 Å². The lowest BCUT2D eigenvalue weighted by Crippen LogP contribution is -2.48. The number of hydrogen-bond donors (Lipinski definition) is 1. The average Bonchev–Trinajstić information content (AvgIpc) is 3.39. The fraction of sp³-hybridized carbons (Fsp3) is 0.409. The average molecular weight is 427 g/mol. The molecule has 2 bridgehead atoms. The van der Waals surface area contributed by atoms with Crippen LogP contribution in [0.3, 0.4) is 0 Å². The fourth-order valence-electron chi connectivity index (χ4n) is 5.07. The number of nitrogens with one attached hydrogen (secondary N) is 1. The molecule has 2 aliphatic heterocycles. The number of nitrogens with zero attached hydrogens (tertiary/aromatic N) is 4. The molecule has 31 heavy (non-hydrogen) atoms. The highest BCUT2D eigenvalue weighted by atomic mass is 19.2. The molecule has 1 N–H and O–H groups in total. The minimum absolute atomic E-state index is 0.0533. The van der Waals surface area contributed by atoms with Crippen molar-refractivity contribution < 1.29 is 18.4 Å². The zero-order valence-corrected chi connectivity index (χ0v) is 17.6. The molecule has 1 saturated heterocycles. The standard InChI is InChI=1S/C22H23F2N5O2/c1-11-20(12(2)27(3)26-11)14-6-13-7-18(14)29(8-13)19(30)10-28-9-15-17(25-22(28)31)5-4-16(23)21(15)24/h4-6,13,18H,7-10H2,1-3H3,(H,25,31)/t13-,18-/m1/s1. The van der Waals surface area contributed by atoms with Gasteiger partial charge in [0.25, 0.3) is 0 Å². The van der Waals surface area contributed by atoms with E-state index in [1.54, 1.807) is 4.90 Å². The van der Waals surface area contributed by atoms with Crippen LogP contribution in [0.4, 0.5) is 19.3 Å². The fourth-order valence-corrected chi connectivity index (χ4v) is 5.07. The number of amides is 3. The Bertz CT molecular complexity index is 1160. The number of hydrogen-bond acceptors (Lipinski definition) is 3. The summed E-state index contributed by atoms with van der Waals surface area (Å²) < 4.78 is 29.7. The third-order valence-electron chi connectivity index (χ3n) is 6.63. The number of fused-ring (bicyclic) bond motifs is 3. The number of likely N-dealkylation sites (tertiary alicyclic amines) is 1. The number of carbonyl (C=O) groups is 2. The molecule has 5 rings (SSSR count). The molecule has 0 spiro atoms. The van der Waals surface area contributed by atoms with Crippen molar-refractivity contribution >= 4 is 23.2 Å². The van der Waals surface area contributed by atoms with Gasteiger partial charge in [-0.05, 0) is 43.9 Å². The van der Waals surface area contributed by atoms with E-state index in [0.29, 0.717) is 6.54 Å². The molecule has 0 unspecified atom stereocenters. The molecule has 3 amide bonds. The summed E-state index contributed by atoms with van der Waals surface area (Å²) >= 11 is 0. The number of urea groups is 1. The number of halogens is 2. The second-order valence-corrected chi connectivity index (χ2v) is 8.52. The Morgan fingerprint density at radius 3 is 2.74 bits per heavy atom. The van der Waals surface area contributed by atoms with Crippen molar-refractivity contribution in [3.63, 3.8) is 0 Å². The van der Waals surface area contributed by atoms with Crippen LogP contribution in [0.2, 0.25) is 0 Å². The monoisotopic (exact) mass is 427 g/mol. The van der Waals surface area contributed by atoms with Crippen LogP contribution < -0.4 is 5.32 Å². The summed E-state index contributed by atoms with van der Waals surface area (Å²) in [6, 6.07) is 1.76. The highest BCUT2D eigenvalue weighted by Gasteiger charge is 2.43. The molecule has 3 aliphatic rings. The van der Waals surface area contributed by atoms with Crippen molar-refractivity contribution in [1.82, 2.24) is 19.6 Å². The van der Waals surface area contributed by atoms with E-state index >= 15 is 0 Å². The SMILES string of the molecule is Cc1nn(C)c(C)c1C1=C[C@@H]2C[C@H]1N(C(=O)CN1Cc3c(ccc(F)c3F)NC1=O)C2. The maximum atomic E-state index is 14.2. The molecule has 1 aromatic carbocycles. The molecule has 3 heterocycles. The zero-order valence-electron chi connectivity index (χ0n) is 17.6. The number of anilines is 1. The van der Waals surface area contributed by atoms with E-state index in [2.05, 4.69) is 16.5 Å². The normalized spacial score (nSPS) is 22.0. The van der Waals surface area contributed by atoms with Crippen molar-refractivity contribution in [2.24, 2.45) is 13.0 Å². The van der Waals surface area contributed by atoms with Gasteiger partial charge in [-0.3, -0.25) is 9.48 Å². The minimum atomic E-state index is -0.997. The van der Waals surface area contributed by atoms with Gasteiger partial charge in [0.1, 0.15) is 6.54 Å². The summed E-state index contributed by atoms with van der Waals surface area (Å²) in [7, 11) is 1.90. The van der Waals surface area contributed by atoms with Crippen LogP contribution in [-0.2, 0) is 18.4 Å². The van der Waals surface area contributed by atoms with Crippen LogP contribution in [0.1, 0.15) is 28.9 Å². The third kappa shape index (κ3) is 3.02. The predicted octanol–water partition coefficient (Wildman–Crippen LogP) is 2.98. The molecule has 7 nitrogen and oxygen atoms in total. The Labute approximate surface area is 178 Å². The first-order valence-electron chi connectivity index (χ1n) is 10.3. The summed E-state index contributed by atoms with van der Waals surface area (Å²) in [6.45, 7) is 4.23. The Hall–Kier alpha value is -3.23. The van der Waals surface area contributed by atoms with Crippen molar-refractivity contribution in [1.29, 1.82) is 0 Å². The van der Waals surface area contributed by atoms with Gasteiger partial charge in [-0.15, -0.1) is 0 Å². The van der Waals surface area contributed by atoms with Gasteiger partial charge >= 0.3 is 6.03 Å². The molecule has 0 radical (unpaired) electrons. The molecule has 1 aliphatic carbocycles. The zero-order chi connectivity index (χ0) is 22.0. The summed E-state index contributed by atoms with van der Waals surface area (Å²) in [5, 5.41) is 7.04. The summed E-state index contributed by atoms with van der Waals surface area (Å²) in [5.74, 6) is -1.91. The van der Waals surface area contributed by atoms with Crippen LogP contribution >= 0.6 is 0 Å². The molecular weight excluding hydrogens is 404 g/mol. The van der Waals surface area contributed by atoms with Crippen molar-refractivity contribution in [3.8, 4) is 0 Å². The third-order valence-corrected chi connectivity index (χ3v) is 6.63. The van der Waals surface area contributed by atoms with E-state index in [1.165, 1.54) is 11.0 Å². The van der Waals surface area contributed by atoms with Gasteiger partial charge in [-0.1, -0.05) is 6.08 Å². The highest BCUT2D eigenvalue weighted by Crippen LogP contribution is 2.43. The largest absolute Gasteiger partial charge is 0.333 e. The second-order valence-electron chi connectivity index (χ2n) is 8.52. The molecule has 1 aromatic heterocycles. The summed E-state index contributed by atoms with van der Waals surface area (Å²) in [6.07, 6.45) is 3.08. The first-order valence-corrected chi connectivity index (χ1v) is 10.3. The maximum absolute atomic E-state index is 14.2. The Balaban J connectivity index is 1.35. The Kier molecular flexibility index (Phi) is 4.39. The maximum Gasteiger partial charge on any atom is 0.322 e. The van der Waals surface area contributed by atoms with Crippen molar-refractivity contribution in [2.45, 2.75) is 32.9 Å². The number of aryl methyl sites for hydroxylation is 2. The number of aromatic nitrogens is 2. The van der Waals surface area contributed by atoms with Crippen LogP contribution in [0, 0.1) is 31.4 Å². The van der Waals surface area contributed by atoms with E-state index in [1.807, 2.05) is 25.6 Å². The second kappa shape index (κ2) is 6.90. The van der Waals surface area contributed by atoms with Crippen molar-refractivity contribution in [2.75, 3.05) is 18.4 Å². The first kappa shape index (κ1) is 19.7. The molecule has 2 atom stereocenters. The Morgan fingerprint density at radius 1 is 1.29 bits per heavy atom. The molecule has 0 saturated carbocycles. The minimum Gasteiger partial charge on any atom is -0.333 e. The molecule has 2 aromatic rings. The van der Waals surface area contributed by atoms with E-state index in [9.17, 15) is 18.4 Å². The van der Waals surface area contributed by atoms with Crippen LogP contribution in [0.15, 0.2) is 18.2 Å². The topological polar surface area (TPSA) is 70.5 Å². The van der Waals surface area contributed by atoms with Gasteiger partial charge in [-0.2, -0.15) is 5.10 Å². The quantitative estimate of drug-likeness (QED) is 0.819. The van der Waals surface area contributed by atoms with Crippen LogP contribution in [-0.4, -0.2) is 50.6 Å². The lowest BCUT2D eigenvalue weighted by Gasteiger charge is -2.33. The molecule has 1 fully saturated rings. The van der Waals surface area contributed by atoms with E-state index < -0.39 is 17.7 Å². The smallest absolute Gasteiger partial charge is 0.322 e. The molecular formula is C22H23F2N5O2. The molecule has 162 valence electrons. The van der Waals surface area contributed by atoms with Crippen LogP contribution in [0.25, 0.3) is 5.57 Å². The van der Waals surface area contributed by atoms with E-state index in [-0.39, 0.29) is 42.2 Å². The van der Waals surface area contributed by atoms with Gasteiger partial charge in [0.2, 0.25) is 5.91 Å². The lowest BCUT2D eigenvalue weighted by atomic mass is 9.98. The van der Waals surface area contributed by atoms with Gasteiger partial charge in [0, 0.05) is 30.4 Å². The predicted molar refractivity (Wildman–Crippen MR) is 110 cm³/mol. The van der Waals surface area contributed by atoms with Gasteiger partial charge in [0.15, 0.2) is 11.6 Å². The summed E-state index contributed by atoms with van der Waals surface area (Å²) in [4.78, 5) is 28.6. The number of carbonyl (C=O) groups excluding carboxylic acids is 2. The Morgan fingerprint density at radius 2 is 2.06 bits per heavy atom. The summed E-state index contributed by atoms with van der Waals surface area (Å²) in [5.41, 5.74) is 4.45. The molecule has 9 heteroatoms. The van der Waals surface area contributed by atoms with Gasteiger partial charge < -0.3 is 15.1 Å². The van der Waals surface area contributed by atoms with E-state index in [0.717, 1.165) is 35.0 Å².